The minimum atomic E-state index is -1.20. The summed E-state index contributed by atoms with van der Waals surface area (Å²) in [6, 6.07) is 24.6. The Morgan fingerprint density at radius 1 is 0.941 bits per heavy atom. The molecule has 0 spiro atoms. The summed E-state index contributed by atoms with van der Waals surface area (Å²) in [6.45, 7) is 0.345. The highest BCUT2D eigenvalue weighted by Crippen LogP contribution is 2.28. The lowest BCUT2D eigenvalue weighted by Gasteiger charge is -2.20. The molecule has 0 radical (unpaired) electrons. The number of hydrogen-bond donors (Lipinski definition) is 3. The molecule has 0 saturated carbocycles. The van der Waals surface area contributed by atoms with Crippen LogP contribution >= 0.6 is 0 Å². The van der Waals surface area contributed by atoms with Gasteiger partial charge < -0.3 is 20.5 Å². The summed E-state index contributed by atoms with van der Waals surface area (Å²) in [5, 5.41) is 16.3. The summed E-state index contributed by atoms with van der Waals surface area (Å²) < 4.78 is 6.02. The molecule has 1 atom stereocenters. The number of carboxylic acid groups (broad SMARTS) is 1. The average molecular weight is 456 g/mol. The van der Waals surface area contributed by atoms with E-state index < -0.39 is 12.0 Å². The second kappa shape index (κ2) is 11.0. The van der Waals surface area contributed by atoms with Crippen molar-refractivity contribution < 1.29 is 19.4 Å². The van der Waals surface area contributed by atoms with Crippen molar-refractivity contribution in [3.05, 3.63) is 102 Å². The number of ether oxygens (including phenoxy) is 1. The van der Waals surface area contributed by atoms with Gasteiger partial charge in [-0.3, -0.25) is 9.78 Å². The lowest BCUT2D eigenvalue weighted by Crippen LogP contribution is -2.33. The Labute approximate surface area is 197 Å². The quantitative estimate of drug-likeness (QED) is 0.335. The summed E-state index contributed by atoms with van der Waals surface area (Å²) in [6.07, 6.45) is 2.96. The lowest BCUT2D eigenvalue weighted by molar-refractivity contribution is -0.117. The fourth-order valence-corrected chi connectivity index (χ4v) is 3.75. The van der Waals surface area contributed by atoms with Crippen molar-refractivity contribution in [3.8, 4) is 5.75 Å². The monoisotopic (exact) mass is 455 g/mol. The molecule has 7 nitrogen and oxygen atoms in total. The van der Waals surface area contributed by atoms with E-state index in [-0.39, 0.29) is 12.5 Å². The van der Waals surface area contributed by atoms with Crippen LogP contribution in [0.5, 0.6) is 5.75 Å². The molecule has 172 valence electrons. The Hall–Kier alpha value is -4.39. The van der Waals surface area contributed by atoms with Gasteiger partial charge in [-0.2, -0.15) is 0 Å². The highest BCUT2D eigenvalue weighted by molar-refractivity contribution is 5.98. The molecule has 1 unspecified atom stereocenters. The van der Waals surface area contributed by atoms with E-state index in [0.717, 1.165) is 16.3 Å². The molecular formula is C27H25N3O4. The van der Waals surface area contributed by atoms with E-state index in [1.807, 2.05) is 60.7 Å². The number of benzene rings is 3. The summed E-state index contributed by atoms with van der Waals surface area (Å²) in [7, 11) is 0. The summed E-state index contributed by atoms with van der Waals surface area (Å²) in [5.74, 6) is -0.561. The number of nitrogens with zero attached hydrogens (tertiary/aromatic N) is 1. The fourth-order valence-electron chi connectivity index (χ4n) is 3.75. The van der Waals surface area contributed by atoms with Crippen molar-refractivity contribution >= 4 is 28.5 Å². The number of rotatable bonds is 9. The third-order valence-electron chi connectivity index (χ3n) is 5.47. The number of hydrogen-bond acceptors (Lipinski definition) is 4. The van der Waals surface area contributed by atoms with Crippen LogP contribution in [0.1, 0.15) is 17.0 Å². The molecule has 0 bridgehead atoms. The maximum atomic E-state index is 13.3. The highest BCUT2D eigenvalue weighted by Gasteiger charge is 2.25. The third-order valence-corrected chi connectivity index (χ3v) is 5.47. The van der Waals surface area contributed by atoms with Crippen LogP contribution in [0.3, 0.4) is 0 Å². The largest absolute Gasteiger partial charge is 0.493 e. The molecule has 7 heteroatoms. The molecular weight excluding hydrogens is 430 g/mol. The van der Waals surface area contributed by atoms with Gasteiger partial charge in [0, 0.05) is 42.0 Å². The van der Waals surface area contributed by atoms with Gasteiger partial charge in [-0.05, 0) is 35.2 Å². The number of amides is 2. The van der Waals surface area contributed by atoms with Crippen molar-refractivity contribution in [1.82, 2.24) is 10.3 Å². The number of para-hydroxylation sites is 1. The van der Waals surface area contributed by atoms with Crippen LogP contribution in [0.4, 0.5) is 10.5 Å². The third kappa shape index (κ3) is 5.89. The molecule has 2 amide bonds. The van der Waals surface area contributed by atoms with E-state index >= 15 is 0 Å². The number of aromatic nitrogens is 1. The molecule has 1 aromatic heterocycles. The van der Waals surface area contributed by atoms with E-state index in [4.69, 9.17) is 9.84 Å². The zero-order chi connectivity index (χ0) is 23.8. The number of pyridine rings is 1. The first-order valence-corrected chi connectivity index (χ1v) is 11.0. The van der Waals surface area contributed by atoms with Gasteiger partial charge in [0.2, 0.25) is 5.91 Å². The van der Waals surface area contributed by atoms with E-state index in [2.05, 4.69) is 15.6 Å². The fraction of sp³-hybridized carbons (Fsp3) is 0.148. The van der Waals surface area contributed by atoms with E-state index in [9.17, 15) is 9.59 Å². The molecule has 0 saturated heterocycles. The van der Waals surface area contributed by atoms with Crippen molar-refractivity contribution in [2.75, 3.05) is 18.5 Å². The van der Waals surface area contributed by atoms with Gasteiger partial charge in [0.1, 0.15) is 5.75 Å². The Bertz CT molecular complexity index is 1280. The molecule has 4 rings (SSSR count). The summed E-state index contributed by atoms with van der Waals surface area (Å²) in [5.41, 5.74) is 2.38. The molecule has 0 aliphatic rings. The van der Waals surface area contributed by atoms with Gasteiger partial charge in [-0.1, -0.05) is 54.6 Å². The minimum Gasteiger partial charge on any atom is -0.493 e. The standard InChI is InChI=1S/C27H25N3O4/c31-26(30-22-11-10-21-17-28-14-12-20(21)16-22)24(18-29-27(32)33)23-8-4-5-9-25(23)34-15-13-19-6-2-1-3-7-19/h1-12,14,16-17,24,29H,13,15,18H2,(H,30,31)(H,32,33). The zero-order valence-electron chi connectivity index (χ0n) is 18.5. The molecule has 3 aromatic carbocycles. The Balaban J connectivity index is 1.53. The molecule has 34 heavy (non-hydrogen) atoms. The van der Waals surface area contributed by atoms with Crippen LogP contribution in [0.2, 0.25) is 0 Å². The molecule has 0 fully saturated rings. The first kappa shape index (κ1) is 22.8. The second-order valence-electron chi connectivity index (χ2n) is 7.79. The smallest absolute Gasteiger partial charge is 0.404 e. The van der Waals surface area contributed by atoms with Crippen LogP contribution in [0.25, 0.3) is 10.8 Å². The predicted molar refractivity (Wildman–Crippen MR) is 131 cm³/mol. The van der Waals surface area contributed by atoms with Crippen molar-refractivity contribution in [2.24, 2.45) is 0 Å². The minimum absolute atomic E-state index is 0.0856. The Morgan fingerprint density at radius 3 is 2.56 bits per heavy atom. The normalized spacial score (nSPS) is 11.5. The molecule has 3 N–H and O–H groups in total. The van der Waals surface area contributed by atoms with Gasteiger partial charge in [0.25, 0.3) is 0 Å². The second-order valence-corrected chi connectivity index (χ2v) is 7.79. The van der Waals surface area contributed by atoms with Crippen molar-refractivity contribution in [2.45, 2.75) is 12.3 Å². The molecule has 4 aromatic rings. The van der Waals surface area contributed by atoms with Crippen molar-refractivity contribution in [1.29, 1.82) is 0 Å². The van der Waals surface area contributed by atoms with Crippen LogP contribution in [-0.4, -0.2) is 35.2 Å². The van der Waals surface area contributed by atoms with E-state index in [1.54, 1.807) is 30.6 Å². The van der Waals surface area contributed by atoms with Gasteiger partial charge >= 0.3 is 6.09 Å². The molecule has 1 heterocycles. The average Bonchev–Trinajstić information content (AvgIpc) is 2.85. The number of anilines is 1. The van der Waals surface area contributed by atoms with Crippen LogP contribution in [-0.2, 0) is 11.2 Å². The topological polar surface area (TPSA) is 101 Å². The predicted octanol–water partition coefficient (Wildman–Crippen LogP) is 4.85. The Kier molecular flexibility index (Phi) is 7.35. The number of nitrogens with one attached hydrogen (secondary N) is 2. The SMILES string of the molecule is O=C(O)NCC(C(=O)Nc1ccc2cnccc2c1)c1ccccc1OCCc1ccccc1. The number of carbonyl (C=O) groups excluding carboxylic acids is 1. The number of carbonyl (C=O) groups is 2. The van der Waals surface area contributed by atoms with Crippen LogP contribution in [0.15, 0.2) is 91.3 Å². The molecule has 0 aliphatic carbocycles. The van der Waals surface area contributed by atoms with Crippen LogP contribution in [0, 0.1) is 0 Å². The van der Waals surface area contributed by atoms with E-state index in [0.29, 0.717) is 30.0 Å². The van der Waals surface area contributed by atoms with E-state index in [1.165, 1.54) is 0 Å². The Morgan fingerprint density at radius 2 is 1.74 bits per heavy atom. The van der Waals surface area contributed by atoms with Crippen molar-refractivity contribution in [3.63, 3.8) is 0 Å². The van der Waals surface area contributed by atoms with Gasteiger partial charge in [0.15, 0.2) is 0 Å². The van der Waals surface area contributed by atoms with Gasteiger partial charge in [-0.15, -0.1) is 0 Å². The maximum absolute atomic E-state index is 13.3. The number of fused-ring (bicyclic) bond motifs is 1. The van der Waals surface area contributed by atoms with Gasteiger partial charge in [-0.25, -0.2) is 4.79 Å². The van der Waals surface area contributed by atoms with Crippen LogP contribution < -0.4 is 15.4 Å². The highest BCUT2D eigenvalue weighted by atomic mass is 16.5. The maximum Gasteiger partial charge on any atom is 0.404 e. The summed E-state index contributed by atoms with van der Waals surface area (Å²) in [4.78, 5) is 28.6. The van der Waals surface area contributed by atoms with Gasteiger partial charge in [0.05, 0.1) is 12.5 Å². The summed E-state index contributed by atoms with van der Waals surface area (Å²) >= 11 is 0. The first-order chi connectivity index (χ1) is 16.6. The first-order valence-electron chi connectivity index (χ1n) is 11.0. The zero-order valence-corrected chi connectivity index (χ0v) is 18.5. The lowest BCUT2D eigenvalue weighted by atomic mass is 9.96. The molecule has 0 aliphatic heterocycles.